The highest BCUT2D eigenvalue weighted by molar-refractivity contribution is 6.37. The van der Waals surface area contributed by atoms with Gasteiger partial charge < -0.3 is 15.1 Å². The van der Waals surface area contributed by atoms with Crippen molar-refractivity contribution in [2.75, 3.05) is 26.2 Å². The van der Waals surface area contributed by atoms with Crippen molar-refractivity contribution in [2.45, 2.75) is 25.9 Å². The Morgan fingerprint density at radius 1 is 1.50 bits per heavy atom. The number of hydrogen-bond donors (Lipinski definition) is 2. The Balaban J connectivity index is 2.42. The van der Waals surface area contributed by atoms with Gasteiger partial charge in [-0.3, -0.25) is 4.90 Å². The van der Waals surface area contributed by atoms with Gasteiger partial charge in [0.05, 0.1) is 19.3 Å². The number of ether oxygens (including phenoxy) is 1. The van der Waals surface area contributed by atoms with E-state index in [0.29, 0.717) is 25.9 Å². The molecule has 1 fully saturated rings. The minimum absolute atomic E-state index is 0.0123. The summed E-state index contributed by atoms with van der Waals surface area (Å²) in [6.07, 6.45) is 1.11. The lowest BCUT2D eigenvalue weighted by atomic mass is 10.1. The highest BCUT2D eigenvalue weighted by atomic mass is 16.5. The molecule has 2 N–H and O–H groups in total. The number of aliphatic hydroxyl groups excluding tert-OH is 1. The van der Waals surface area contributed by atoms with Crippen molar-refractivity contribution in [3.05, 3.63) is 0 Å². The van der Waals surface area contributed by atoms with E-state index >= 15 is 0 Å². The Bertz CT molecular complexity index is 260. The molecule has 0 atom stereocenters. The Hall–Kier alpha value is -1.14. The lowest BCUT2D eigenvalue weighted by Gasteiger charge is -2.28. The molecular formula is C10H18N2O4. The van der Waals surface area contributed by atoms with Crippen molar-refractivity contribution in [2.24, 2.45) is 5.16 Å². The molecule has 0 spiro atoms. The summed E-state index contributed by atoms with van der Waals surface area (Å²) in [6, 6.07) is 0. The van der Waals surface area contributed by atoms with Crippen LogP contribution >= 0.6 is 0 Å². The molecular weight excluding hydrogens is 212 g/mol. The van der Waals surface area contributed by atoms with E-state index in [-0.39, 0.29) is 25.0 Å². The number of nitrogens with zero attached hydrogens (tertiary/aromatic N) is 2. The molecule has 0 unspecified atom stereocenters. The van der Waals surface area contributed by atoms with Gasteiger partial charge >= 0.3 is 5.97 Å². The van der Waals surface area contributed by atoms with Crippen LogP contribution in [0.1, 0.15) is 19.8 Å². The maximum Gasteiger partial charge on any atom is 0.357 e. The third-order valence-corrected chi connectivity index (χ3v) is 2.56. The zero-order valence-corrected chi connectivity index (χ0v) is 9.43. The fraction of sp³-hybridized carbons (Fsp3) is 0.800. The molecule has 1 saturated heterocycles. The molecule has 0 amide bonds. The summed E-state index contributed by atoms with van der Waals surface area (Å²) in [4.78, 5) is 13.3. The molecule has 0 radical (unpaired) electrons. The molecule has 0 bridgehead atoms. The molecule has 1 aliphatic heterocycles. The number of carbonyl (C=O) groups is 1. The lowest BCUT2D eigenvalue weighted by Crippen LogP contribution is -2.41. The van der Waals surface area contributed by atoms with Gasteiger partial charge in [0.15, 0.2) is 5.71 Å². The van der Waals surface area contributed by atoms with E-state index in [1.807, 2.05) is 4.90 Å². The second-order valence-corrected chi connectivity index (χ2v) is 3.77. The van der Waals surface area contributed by atoms with E-state index in [1.54, 1.807) is 6.92 Å². The minimum atomic E-state index is -0.587. The maximum absolute atomic E-state index is 11.3. The normalized spacial score (nSPS) is 19.8. The van der Waals surface area contributed by atoms with E-state index in [4.69, 9.17) is 9.94 Å². The van der Waals surface area contributed by atoms with Crippen LogP contribution in [0.2, 0.25) is 0 Å². The molecule has 1 aliphatic rings. The average molecular weight is 230 g/mol. The maximum atomic E-state index is 11.3. The first-order valence-corrected chi connectivity index (χ1v) is 5.45. The molecule has 0 aromatic carbocycles. The van der Waals surface area contributed by atoms with Crippen LogP contribution < -0.4 is 0 Å². The van der Waals surface area contributed by atoms with Gasteiger partial charge in [-0.2, -0.15) is 0 Å². The topological polar surface area (TPSA) is 82.4 Å². The van der Waals surface area contributed by atoms with E-state index in [1.165, 1.54) is 0 Å². The Morgan fingerprint density at radius 2 is 2.12 bits per heavy atom. The van der Waals surface area contributed by atoms with Crippen LogP contribution in [-0.4, -0.2) is 59.2 Å². The molecule has 0 aliphatic carbocycles. The second-order valence-electron chi connectivity index (χ2n) is 3.77. The lowest BCUT2D eigenvalue weighted by molar-refractivity contribution is -0.135. The molecule has 6 heteroatoms. The molecule has 0 aromatic rings. The van der Waals surface area contributed by atoms with Crippen molar-refractivity contribution >= 4 is 11.7 Å². The van der Waals surface area contributed by atoms with Gasteiger partial charge in [-0.1, -0.05) is 5.16 Å². The number of likely N-dealkylation sites (tertiary alicyclic amines) is 1. The highest BCUT2D eigenvalue weighted by Gasteiger charge is 2.22. The van der Waals surface area contributed by atoms with Crippen LogP contribution in [0.3, 0.4) is 0 Å². The summed E-state index contributed by atoms with van der Waals surface area (Å²) in [7, 11) is 0. The summed E-state index contributed by atoms with van der Waals surface area (Å²) < 4.78 is 4.75. The largest absolute Gasteiger partial charge is 0.461 e. The zero-order valence-electron chi connectivity index (χ0n) is 9.43. The van der Waals surface area contributed by atoms with Gasteiger partial charge in [-0.05, 0) is 19.8 Å². The van der Waals surface area contributed by atoms with Gasteiger partial charge in [0, 0.05) is 13.1 Å². The molecule has 0 saturated carbocycles. The Morgan fingerprint density at radius 3 is 2.62 bits per heavy atom. The van der Waals surface area contributed by atoms with Crippen LogP contribution in [0, 0.1) is 0 Å². The number of hydrogen-bond acceptors (Lipinski definition) is 6. The number of aliphatic hydroxyl groups is 1. The van der Waals surface area contributed by atoms with Crippen LogP contribution in [-0.2, 0) is 9.53 Å². The number of oxime groups is 1. The SMILES string of the molecule is CCOC(=O)C(CN1CCC(O)CC1)=NO. The summed E-state index contributed by atoms with van der Waals surface area (Å²) in [5.41, 5.74) is 0.0123. The Kier molecular flexibility index (Phi) is 5.21. The van der Waals surface area contributed by atoms with Crippen molar-refractivity contribution < 1.29 is 19.8 Å². The quantitative estimate of drug-likeness (QED) is 0.303. The summed E-state index contributed by atoms with van der Waals surface area (Å²) in [5, 5.41) is 21.0. The smallest absolute Gasteiger partial charge is 0.357 e. The standard InChI is InChI=1S/C10H18N2O4/c1-2-16-10(14)9(11-15)7-12-5-3-8(13)4-6-12/h8,13,15H,2-7H2,1H3. The molecule has 1 heterocycles. The number of piperidine rings is 1. The molecule has 92 valence electrons. The third-order valence-electron chi connectivity index (χ3n) is 2.56. The van der Waals surface area contributed by atoms with Crippen LogP contribution in [0.4, 0.5) is 0 Å². The first kappa shape index (κ1) is 12.9. The van der Waals surface area contributed by atoms with E-state index < -0.39 is 5.97 Å². The summed E-state index contributed by atoms with van der Waals surface area (Å²) in [6.45, 7) is 3.61. The molecule has 16 heavy (non-hydrogen) atoms. The summed E-state index contributed by atoms with van der Waals surface area (Å²) >= 11 is 0. The highest BCUT2D eigenvalue weighted by Crippen LogP contribution is 2.09. The summed E-state index contributed by atoms with van der Waals surface area (Å²) in [5.74, 6) is -0.587. The first-order chi connectivity index (χ1) is 7.67. The third kappa shape index (κ3) is 3.79. The number of carbonyl (C=O) groups excluding carboxylic acids is 1. The van der Waals surface area contributed by atoms with Gasteiger partial charge in [0.1, 0.15) is 0 Å². The molecule has 0 aromatic heterocycles. The molecule has 6 nitrogen and oxygen atoms in total. The fourth-order valence-corrected chi connectivity index (χ4v) is 1.64. The van der Waals surface area contributed by atoms with Crippen molar-refractivity contribution in [3.63, 3.8) is 0 Å². The molecule has 1 rings (SSSR count). The first-order valence-electron chi connectivity index (χ1n) is 5.45. The monoisotopic (exact) mass is 230 g/mol. The van der Waals surface area contributed by atoms with Gasteiger partial charge in [-0.15, -0.1) is 0 Å². The van der Waals surface area contributed by atoms with E-state index in [0.717, 1.165) is 0 Å². The van der Waals surface area contributed by atoms with Crippen LogP contribution in [0.15, 0.2) is 5.16 Å². The fourth-order valence-electron chi connectivity index (χ4n) is 1.64. The average Bonchev–Trinajstić information content (AvgIpc) is 2.28. The second kappa shape index (κ2) is 6.44. The van der Waals surface area contributed by atoms with Gasteiger partial charge in [-0.25, -0.2) is 4.79 Å². The Labute approximate surface area is 94.5 Å². The minimum Gasteiger partial charge on any atom is -0.461 e. The van der Waals surface area contributed by atoms with Gasteiger partial charge in [0.2, 0.25) is 0 Å². The van der Waals surface area contributed by atoms with Crippen molar-refractivity contribution in [3.8, 4) is 0 Å². The van der Waals surface area contributed by atoms with Crippen LogP contribution in [0.25, 0.3) is 0 Å². The van der Waals surface area contributed by atoms with E-state index in [2.05, 4.69) is 5.16 Å². The predicted octanol–water partition coefficient (Wildman–Crippen LogP) is -0.164. The zero-order chi connectivity index (χ0) is 12.0. The van der Waals surface area contributed by atoms with Crippen molar-refractivity contribution in [1.82, 2.24) is 4.90 Å². The van der Waals surface area contributed by atoms with Crippen LogP contribution in [0.5, 0.6) is 0 Å². The van der Waals surface area contributed by atoms with Gasteiger partial charge in [0.25, 0.3) is 0 Å². The number of rotatable bonds is 4. The predicted molar refractivity (Wildman–Crippen MR) is 57.5 cm³/mol. The van der Waals surface area contributed by atoms with E-state index in [9.17, 15) is 9.90 Å². The number of esters is 1. The van der Waals surface area contributed by atoms with Crippen molar-refractivity contribution in [1.29, 1.82) is 0 Å².